The molecule has 2 atom stereocenters. The van der Waals surface area contributed by atoms with Gasteiger partial charge in [-0.05, 0) is 60.0 Å². The van der Waals surface area contributed by atoms with Crippen LogP contribution in [0.2, 0.25) is 0 Å². The summed E-state index contributed by atoms with van der Waals surface area (Å²) in [5.41, 5.74) is 0.430. The lowest BCUT2D eigenvalue weighted by molar-refractivity contribution is -0.146. The van der Waals surface area contributed by atoms with Crippen LogP contribution in [0, 0.1) is 23.4 Å². The van der Waals surface area contributed by atoms with Crippen LogP contribution in [-0.4, -0.2) is 18.5 Å². The molecule has 0 spiro atoms. The van der Waals surface area contributed by atoms with Gasteiger partial charge in [-0.15, -0.1) is 0 Å². The predicted molar refractivity (Wildman–Crippen MR) is 116 cm³/mol. The van der Waals surface area contributed by atoms with E-state index in [4.69, 9.17) is 4.74 Å². The zero-order chi connectivity index (χ0) is 23.6. The highest BCUT2D eigenvalue weighted by atomic mass is 19.1. The summed E-state index contributed by atoms with van der Waals surface area (Å²) in [6, 6.07) is 16.9. The smallest absolute Gasteiger partial charge is 0.306 e. The van der Waals surface area contributed by atoms with Crippen LogP contribution in [0.1, 0.15) is 36.0 Å². The van der Waals surface area contributed by atoms with Crippen LogP contribution < -0.4 is 5.32 Å². The summed E-state index contributed by atoms with van der Waals surface area (Å²) >= 11 is 0. The van der Waals surface area contributed by atoms with E-state index >= 15 is 0 Å². The molecule has 3 aromatic rings. The van der Waals surface area contributed by atoms with Gasteiger partial charge in [0.2, 0.25) is 5.91 Å². The summed E-state index contributed by atoms with van der Waals surface area (Å²) in [4.78, 5) is 25.7. The average Bonchev–Trinajstić information content (AvgIpc) is 3.08. The summed E-state index contributed by atoms with van der Waals surface area (Å²) in [7, 11) is 0. The number of rotatable bonds is 6. The highest BCUT2D eigenvalue weighted by molar-refractivity contribution is 5.89. The molecule has 1 N–H and O–H groups in total. The van der Waals surface area contributed by atoms with E-state index in [9.17, 15) is 22.8 Å². The molecule has 1 aliphatic heterocycles. The molecule has 1 fully saturated rings. The Kier molecular flexibility index (Phi) is 6.22. The highest BCUT2D eigenvalue weighted by Crippen LogP contribution is 2.52. The molecule has 1 saturated heterocycles. The summed E-state index contributed by atoms with van der Waals surface area (Å²) in [5, 5.41) is 3.01. The molecule has 0 aromatic heterocycles. The van der Waals surface area contributed by atoms with E-state index in [1.165, 1.54) is 36.4 Å². The predicted octanol–water partition coefficient (Wildman–Crippen LogP) is 4.83. The van der Waals surface area contributed by atoms with Crippen LogP contribution in [0.25, 0.3) is 0 Å². The molecule has 1 amide bonds. The first-order valence-electron chi connectivity index (χ1n) is 10.6. The molecule has 0 bridgehead atoms. The van der Waals surface area contributed by atoms with E-state index in [1.807, 2.05) is 0 Å². The summed E-state index contributed by atoms with van der Waals surface area (Å²) in [6.45, 7) is 1.83. The zero-order valence-electron chi connectivity index (χ0n) is 17.9. The van der Waals surface area contributed by atoms with Crippen LogP contribution in [0.15, 0.2) is 72.8 Å². The Hall–Kier alpha value is -3.61. The van der Waals surface area contributed by atoms with Gasteiger partial charge < -0.3 is 10.1 Å². The van der Waals surface area contributed by atoms with Crippen molar-refractivity contribution in [2.75, 3.05) is 6.61 Å². The number of hydrogen-bond donors (Lipinski definition) is 1. The van der Waals surface area contributed by atoms with Gasteiger partial charge in [0.15, 0.2) is 0 Å². The number of benzene rings is 3. The molecule has 0 aliphatic carbocycles. The second-order valence-corrected chi connectivity index (χ2v) is 7.96. The van der Waals surface area contributed by atoms with E-state index in [0.717, 1.165) is 0 Å². The Bertz CT molecular complexity index is 1100. The van der Waals surface area contributed by atoms with Crippen LogP contribution in [0.5, 0.6) is 0 Å². The van der Waals surface area contributed by atoms with E-state index in [2.05, 4.69) is 5.32 Å². The number of esters is 1. The maximum Gasteiger partial charge on any atom is 0.306 e. The lowest BCUT2D eigenvalue weighted by atomic mass is 9.68. The Morgan fingerprint density at radius 3 is 1.76 bits per heavy atom. The molecule has 33 heavy (non-hydrogen) atoms. The quantitative estimate of drug-likeness (QED) is 0.544. The topological polar surface area (TPSA) is 55.4 Å². The minimum absolute atomic E-state index is 0.162. The SMILES string of the molecule is CCOC(=O)C[C@@H]1C(=O)NC(c2ccc(F)cc2)(c2ccc(F)cc2)C1c1ccc(F)cc1. The van der Waals surface area contributed by atoms with Gasteiger partial charge in [-0.2, -0.15) is 0 Å². The molecule has 1 heterocycles. The lowest BCUT2D eigenvalue weighted by Gasteiger charge is -2.38. The van der Waals surface area contributed by atoms with Gasteiger partial charge in [0.25, 0.3) is 0 Å². The zero-order valence-corrected chi connectivity index (χ0v) is 17.9. The number of carbonyl (C=O) groups excluding carboxylic acids is 2. The van der Waals surface area contributed by atoms with Gasteiger partial charge in [0, 0.05) is 5.92 Å². The first-order chi connectivity index (χ1) is 15.8. The van der Waals surface area contributed by atoms with Crippen molar-refractivity contribution in [2.24, 2.45) is 5.92 Å². The summed E-state index contributed by atoms with van der Waals surface area (Å²) in [6.07, 6.45) is -0.203. The number of hydrogen-bond acceptors (Lipinski definition) is 3. The fraction of sp³-hybridized carbons (Fsp3) is 0.231. The van der Waals surface area contributed by atoms with Gasteiger partial charge in [0.1, 0.15) is 17.5 Å². The summed E-state index contributed by atoms with van der Waals surface area (Å²) < 4.78 is 46.4. The first-order valence-corrected chi connectivity index (χ1v) is 10.6. The van der Waals surface area contributed by atoms with E-state index < -0.39 is 46.7 Å². The molecule has 0 radical (unpaired) electrons. The van der Waals surface area contributed by atoms with Crippen molar-refractivity contribution in [3.63, 3.8) is 0 Å². The summed E-state index contributed by atoms with van der Waals surface area (Å²) in [5.74, 6) is -3.87. The van der Waals surface area contributed by atoms with Crippen molar-refractivity contribution in [1.29, 1.82) is 0 Å². The number of nitrogens with one attached hydrogen (secondary N) is 1. The Balaban J connectivity index is 1.96. The number of halogens is 3. The molecule has 1 aliphatic rings. The maximum absolute atomic E-state index is 13.8. The van der Waals surface area contributed by atoms with Gasteiger partial charge in [-0.3, -0.25) is 9.59 Å². The van der Waals surface area contributed by atoms with Crippen LogP contribution in [-0.2, 0) is 19.9 Å². The fourth-order valence-electron chi connectivity index (χ4n) is 4.68. The molecule has 1 unspecified atom stereocenters. The minimum atomic E-state index is -1.26. The molecule has 4 rings (SSSR count). The number of carbonyl (C=O) groups is 2. The number of ether oxygens (including phenoxy) is 1. The third-order valence-corrected chi connectivity index (χ3v) is 6.05. The van der Waals surface area contributed by atoms with Gasteiger partial charge in [0.05, 0.1) is 24.5 Å². The van der Waals surface area contributed by atoms with Crippen LogP contribution in [0.3, 0.4) is 0 Å². The Labute approximate surface area is 189 Å². The largest absolute Gasteiger partial charge is 0.466 e. The van der Waals surface area contributed by atoms with Crippen LogP contribution in [0.4, 0.5) is 13.2 Å². The third-order valence-electron chi connectivity index (χ3n) is 6.05. The van der Waals surface area contributed by atoms with E-state index in [1.54, 1.807) is 43.3 Å². The van der Waals surface area contributed by atoms with Crippen molar-refractivity contribution in [3.8, 4) is 0 Å². The second kappa shape index (κ2) is 9.10. The standard InChI is InChI=1S/C26H22F3NO3/c1-2-33-23(31)15-22-24(16-3-9-19(27)10-4-16)26(30-25(22)32,17-5-11-20(28)12-6-17)18-7-13-21(29)14-8-18/h3-14,22,24H,2,15H2,1H3,(H,30,32)/t22-,24?/m0/s1. The monoisotopic (exact) mass is 453 g/mol. The van der Waals surface area contributed by atoms with Crippen molar-refractivity contribution in [1.82, 2.24) is 5.32 Å². The van der Waals surface area contributed by atoms with Crippen molar-refractivity contribution < 1.29 is 27.5 Å². The maximum atomic E-state index is 13.8. The molecule has 4 nitrogen and oxygen atoms in total. The highest BCUT2D eigenvalue weighted by Gasteiger charge is 2.56. The van der Waals surface area contributed by atoms with Gasteiger partial charge in [-0.25, -0.2) is 13.2 Å². The fourth-order valence-corrected chi connectivity index (χ4v) is 4.68. The van der Waals surface area contributed by atoms with E-state index in [-0.39, 0.29) is 13.0 Å². The normalized spacial score (nSPS) is 19.2. The van der Waals surface area contributed by atoms with Crippen molar-refractivity contribution >= 4 is 11.9 Å². The molecule has 0 saturated carbocycles. The molecule has 7 heteroatoms. The lowest BCUT2D eigenvalue weighted by Crippen LogP contribution is -2.43. The Morgan fingerprint density at radius 2 is 1.30 bits per heavy atom. The minimum Gasteiger partial charge on any atom is -0.466 e. The molecule has 3 aromatic carbocycles. The third kappa shape index (κ3) is 4.23. The van der Waals surface area contributed by atoms with Crippen LogP contribution >= 0.6 is 0 Å². The van der Waals surface area contributed by atoms with Crippen molar-refractivity contribution in [3.05, 3.63) is 107 Å². The molecule has 170 valence electrons. The second-order valence-electron chi connectivity index (χ2n) is 7.96. The van der Waals surface area contributed by atoms with Crippen molar-refractivity contribution in [2.45, 2.75) is 24.8 Å². The molecular weight excluding hydrogens is 431 g/mol. The number of amides is 1. The Morgan fingerprint density at radius 1 is 0.848 bits per heavy atom. The molecular formula is C26H22F3NO3. The van der Waals surface area contributed by atoms with Gasteiger partial charge >= 0.3 is 5.97 Å². The average molecular weight is 453 g/mol. The van der Waals surface area contributed by atoms with E-state index in [0.29, 0.717) is 16.7 Å². The first kappa shape index (κ1) is 22.6. The van der Waals surface area contributed by atoms with Gasteiger partial charge in [-0.1, -0.05) is 36.4 Å².